The van der Waals surface area contributed by atoms with Gasteiger partial charge in [0.15, 0.2) is 5.43 Å². The Morgan fingerprint density at radius 2 is 2.12 bits per heavy atom. The van der Waals surface area contributed by atoms with Crippen molar-refractivity contribution in [2.75, 3.05) is 6.61 Å². The van der Waals surface area contributed by atoms with E-state index in [-0.39, 0.29) is 6.61 Å². The zero-order valence-electron chi connectivity index (χ0n) is 8.93. The molecule has 0 aliphatic carbocycles. The number of aromatic nitrogens is 1. The molecule has 0 aromatic carbocycles. The van der Waals surface area contributed by atoms with Crippen LogP contribution >= 0.6 is 0 Å². The molecule has 0 bridgehead atoms. The summed E-state index contributed by atoms with van der Waals surface area (Å²) in [5.74, 6) is -0.866. The van der Waals surface area contributed by atoms with Gasteiger partial charge in [-0.15, -0.1) is 0 Å². The third kappa shape index (κ3) is 3.33. The van der Waals surface area contributed by atoms with Crippen LogP contribution in [0, 0.1) is 0 Å². The molecule has 0 amide bonds. The summed E-state index contributed by atoms with van der Waals surface area (Å²) in [7, 11) is 0. The van der Waals surface area contributed by atoms with Gasteiger partial charge in [0.2, 0.25) is 0 Å². The van der Waals surface area contributed by atoms with Crippen LogP contribution in [-0.2, 0) is 22.1 Å². The largest absolute Gasteiger partial charge is 0.466 e. The average molecular weight is 249 g/mol. The van der Waals surface area contributed by atoms with Gasteiger partial charge in [-0.1, -0.05) is 0 Å². The number of esters is 1. The van der Waals surface area contributed by atoms with Gasteiger partial charge in [0.25, 0.3) is 0 Å². The summed E-state index contributed by atoms with van der Waals surface area (Å²) >= 11 is 0. The monoisotopic (exact) mass is 249 g/mol. The van der Waals surface area contributed by atoms with Crippen LogP contribution < -0.4 is 5.43 Å². The highest BCUT2D eigenvalue weighted by Gasteiger charge is 2.35. The van der Waals surface area contributed by atoms with Gasteiger partial charge in [0, 0.05) is 17.8 Å². The quantitative estimate of drug-likeness (QED) is 0.826. The maximum absolute atomic E-state index is 12.5. The number of rotatable bonds is 3. The number of nitrogens with one attached hydrogen (secondary N) is 1. The van der Waals surface area contributed by atoms with Crippen LogP contribution in [0.1, 0.15) is 18.2 Å². The van der Waals surface area contributed by atoms with Crippen molar-refractivity contribution in [3.63, 3.8) is 0 Å². The number of hydrogen-bond acceptors (Lipinski definition) is 3. The maximum atomic E-state index is 12.5. The van der Waals surface area contributed by atoms with Crippen LogP contribution in [0.15, 0.2) is 17.1 Å². The summed E-state index contributed by atoms with van der Waals surface area (Å²) < 4.78 is 42.1. The lowest BCUT2D eigenvalue weighted by Gasteiger charge is -2.11. The van der Waals surface area contributed by atoms with Crippen LogP contribution in [0.4, 0.5) is 13.2 Å². The van der Waals surface area contributed by atoms with Crippen molar-refractivity contribution >= 4 is 5.97 Å². The predicted octanol–water partition coefficient (Wildman–Crippen LogP) is 1.50. The highest BCUT2D eigenvalue weighted by molar-refractivity contribution is 5.72. The van der Waals surface area contributed by atoms with Gasteiger partial charge in [-0.05, 0) is 6.92 Å². The van der Waals surface area contributed by atoms with E-state index in [0.717, 1.165) is 12.3 Å². The highest BCUT2D eigenvalue weighted by Crippen LogP contribution is 2.29. The van der Waals surface area contributed by atoms with Crippen molar-refractivity contribution in [2.24, 2.45) is 0 Å². The molecule has 0 fully saturated rings. The minimum absolute atomic E-state index is 0.0466. The van der Waals surface area contributed by atoms with Crippen LogP contribution in [0.25, 0.3) is 0 Å². The molecule has 0 atom stereocenters. The molecule has 1 N–H and O–H groups in total. The fourth-order valence-corrected chi connectivity index (χ4v) is 1.30. The summed E-state index contributed by atoms with van der Waals surface area (Å²) in [6.45, 7) is 1.57. The lowest BCUT2D eigenvalue weighted by molar-refractivity contribution is -0.144. The van der Waals surface area contributed by atoms with Crippen molar-refractivity contribution in [1.82, 2.24) is 4.98 Å². The number of aromatic amines is 1. The fourth-order valence-electron chi connectivity index (χ4n) is 1.30. The second-order valence-electron chi connectivity index (χ2n) is 3.18. The number of carbonyl (C=O) groups excluding carboxylic acids is 1. The van der Waals surface area contributed by atoms with Gasteiger partial charge in [0.1, 0.15) is 5.69 Å². The van der Waals surface area contributed by atoms with Crippen LogP contribution in [0.2, 0.25) is 0 Å². The van der Waals surface area contributed by atoms with Crippen molar-refractivity contribution < 1.29 is 22.7 Å². The first kappa shape index (κ1) is 13.3. The minimum atomic E-state index is -4.71. The number of pyridine rings is 1. The molecule has 1 aromatic heterocycles. The molecule has 0 spiro atoms. The average Bonchev–Trinajstić information content (AvgIpc) is 2.19. The minimum Gasteiger partial charge on any atom is -0.466 e. The lowest BCUT2D eigenvalue weighted by atomic mass is 10.1. The molecule has 0 saturated carbocycles. The Hall–Kier alpha value is -1.79. The third-order valence-electron chi connectivity index (χ3n) is 1.97. The van der Waals surface area contributed by atoms with Crippen molar-refractivity contribution in [1.29, 1.82) is 0 Å². The number of ether oxygens (including phenoxy) is 1. The van der Waals surface area contributed by atoms with E-state index in [0.29, 0.717) is 0 Å². The standard InChI is InChI=1S/C10H10F3NO3/c1-2-17-8(16)5-6-7(15)3-4-14-9(6)10(11,12)13/h3-4H,2,5H2,1H3,(H,14,15). The molecule has 17 heavy (non-hydrogen) atoms. The van der Waals surface area contributed by atoms with E-state index in [2.05, 4.69) is 4.74 Å². The molecule has 4 nitrogen and oxygen atoms in total. The topological polar surface area (TPSA) is 59.2 Å². The predicted molar refractivity (Wildman–Crippen MR) is 52.4 cm³/mol. The van der Waals surface area contributed by atoms with E-state index in [1.165, 1.54) is 6.92 Å². The van der Waals surface area contributed by atoms with E-state index in [4.69, 9.17) is 0 Å². The smallest absolute Gasteiger partial charge is 0.431 e. The molecule has 0 radical (unpaired) electrons. The third-order valence-corrected chi connectivity index (χ3v) is 1.97. The van der Waals surface area contributed by atoms with Gasteiger partial charge in [-0.2, -0.15) is 13.2 Å². The van der Waals surface area contributed by atoms with E-state index in [9.17, 15) is 22.8 Å². The Kier molecular flexibility index (Phi) is 3.93. The summed E-state index contributed by atoms with van der Waals surface area (Å²) in [5.41, 5.74) is -2.68. The van der Waals surface area contributed by atoms with E-state index < -0.39 is 35.3 Å². The molecule has 1 heterocycles. The summed E-state index contributed by atoms with van der Waals surface area (Å²) in [6.07, 6.45) is -4.51. The van der Waals surface area contributed by atoms with Gasteiger partial charge in [-0.25, -0.2) is 0 Å². The second-order valence-corrected chi connectivity index (χ2v) is 3.18. The molecule has 7 heteroatoms. The molecule has 94 valence electrons. The van der Waals surface area contributed by atoms with Crippen LogP contribution in [0.3, 0.4) is 0 Å². The molecule has 0 unspecified atom stereocenters. The molecule has 1 aromatic rings. The van der Waals surface area contributed by atoms with Gasteiger partial charge >= 0.3 is 12.1 Å². The second kappa shape index (κ2) is 5.03. The highest BCUT2D eigenvalue weighted by atomic mass is 19.4. The summed E-state index contributed by atoms with van der Waals surface area (Å²) in [4.78, 5) is 24.3. The number of H-pyrrole nitrogens is 1. The Morgan fingerprint density at radius 3 is 2.65 bits per heavy atom. The Labute approximate surface area is 94.4 Å². The Bertz CT molecular complexity index is 465. The molecular weight excluding hydrogens is 239 g/mol. The number of carbonyl (C=O) groups is 1. The molecule has 1 rings (SSSR count). The number of alkyl halides is 3. The van der Waals surface area contributed by atoms with Gasteiger partial charge in [-0.3, -0.25) is 9.59 Å². The van der Waals surface area contributed by atoms with Crippen molar-refractivity contribution in [3.8, 4) is 0 Å². The first-order valence-electron chi connectivity index (χ1n) is 4.79. The van der Waals surface area contributed by atoms with E-state index in [1.807, 2.05) is 4.98 Å². The summed E-state index contributed by atoms with van der Waals surface area (Å²) in [5, 5.41) is 0. The van der Waals surface area contributed by atoms with Crippen LogP contribution in [0.5, 0.6) is 0 Å². The molecule has 0 saturated heterocycles. The Morgan fingerprint density at radius 1 is 1.47 bits per heavy atom. The van der Waals surface area contributed by atoms with Gasteiger partial charge in [0.05, 0.1) is 13.0 Å². The Balaban J connectivity index is 3.13. The molecular formula is C10H10F3NO3. The zero-order chi connectivity index (χ0) is 13.1. The van der Waals surface area contributed by atoms with Gasteiger partial charge < -0.3 is 9.72 Å². The van der Waals surface area contributed by atoms with E-state index in [1.54, 1.807) is 0 Å². The number of hydrogen-bond donors (Lipinski definition) is 1. The normalized spacial score (nSPS) is 11.3. The lowest BCUT2D eigenvalue weighted by Crippen LogP contribution is -2.23. The molecule has 0 aliphatic heterocycles. The first-order valence-corrected chi connectivity index (χ1v) is 4.79. The maximum Gasteiger partial charge on any atom is 0.431 e. The first-order chi connectivity index (χ1) is 7.86. The summed E-state index contributed by atoms with van der Waals surface area (Å²) in [6, 6.07) is 0.934. The van der Waals surface area contributed by atoms with Crippen molar-refractivity contribution in [3.05, 3.63) is 33.7 Å². The fraction of sp³-hybridized carbons (Fsp3) is 0.400. The molecule has 0 aliphatic rings. The SMILES string of the molecule is CCOC(=O)Cc1c(C(F)(F)F)[nH]ccc1=O. The van der Waals surface area contributed by atoms with E-state index >= 15 is 0 Å². The van der Waals surface area contributed by atoms with Crippen molar-refractivity contribution in [2.45, 2.75) is 19.5 Å². The zero-order valence-corrected chi connectivity index (χ0v) is 8.93. The van der Waals surface area contributed by atoms with Crippen LogP contribution in [-0.4, -0.2) is 17.6 Å². The number of halogens is 3.